The van der Waals surface area contributed by atoms with Crippen molar-refractivity contribution in [2.45, 2.75) is 11.8 Å². The second-order valence-electron chi connectivity index (χ2n) is 2.72. The third-order valence-corrected chi connectivity index (χ3v) is 3.71. The summed E-state index contributed by atoms with van der Waals surface area (Å²) < 4.78 is 1.20. The molecule has 0 unspecified atom stereocenters. The fourth-order valence-corrected chi connectivity index (χ4v) is 2.61. The first-order valence-electron chi connectivity index (χ1n) is 3.55. The van der Waals surface area contributed by atoms with Crippen LogP contribution in [0.3, 0.4) is 0 Å². The van der Waals surface area contributed by atoms with Crippen molar-refractivity contribution in [1.29, 1.82) is 0 Å². The number of hydrogen-bond acceptors (Lipinski definition) is 2. The lowest BCUT2D eigenvalue weighted by molar-refractivity contribution is 1.35. The fourth-order valence-electron chi connectivity index (χ4n) is 1.14. The van der Waals surface area contributed by atoms with Crippen molar-refractivity contribution < 1.29 is 0 Å². The van der Waals surface area contributed by atoms with Gasteiger partial charge >= 0.3 is 0 Å². The van der Waals surface area contributed by atoms with Gasteiger partial charge < -0.3 is 0 Å². The highest BCUT2D eigenvalue weighted by molar-refractivity contribution is 7.80. The highest BCUT2D eigenvalue weighted by Crippen LogP contribution is 2.32. The Hall–Kier alpha value is -0.180. The van der Waals surface area contributed by atoms with Crippen LogP contribution in [0.25, 0.3) is 10.1 Å². The highest BCUT2D eigenvalue weighted by atomic mass is 35.5. The molecule has 1 aromatic heterocycles. The summed E-state index contributed by atoms with van der Waals surface area (Å²) in [5, 5.41) is 3.93. The monoisotopic (exact) mass is 214 g/mol. The molecule has 12 heavy (non-hydrogen) atoms. The Kier molecular flexibility index (Phi) is 2.07. The lowest BCUT2D eigenvalue weighted by atomic mass is 10.2. The van der Waals surface area contributed by atoms with Gasteiger partial charge in [-0.1, -0.05) is 11.6 Å². The van der Waals surface area contributed by atoms with Crippen molar-refractivity contribution in [3.63, 3.8) is 0 Å². The van der Waals surface area contributed by atoms with Crippen LogP contribution in [0.15, 0.2) is 22.4 Å². The molecule has 1 heterocycles. The van der Waals surface area contributed by atoms with E-state index in [0.717, 1.165) is 15.3 Å². The van der Waals surface area contributed by atoms with E-state index in [0.29, 0.717) is 0 Å². The third kappa shape index (κ3) is 1.24. The second-order valence-corrected chi connectivity index (χ2v) is 4.52. The minimum atomic E-state index is 0.839. The number of halogens is 1. The SMILES string of the molecule is Cc1cc2c(Cl)csc2cc1S. The Morgan fingerprint density at radius 1 is 1.42 bits per heavy atom. The quantitative estimate of drug-likeness (QED) is 0.626. The van der Waals surface area contributed by atoms with Gasteiger partial charge in [-0.25, -0.2) is 0 Å². The van der Waals surface area contributed by atoms with E-state index < -0.39 is 0 Å². The molecule has 0 saturated heterocycles. The number of benzene rings is 1. The predicted molar refractivity (Wildman–Crippen MR) is 58.8 cm³/mol. The molecule has 0 fully saturated rings. The molecule has 0 radical (unpaired) electrons. The van der Waals surface area contributed by atoms with Crippen molar-refractivity contribution in [2.75, 3.05) is 0 Å². The standard InChI is InChI=1S/C9H7ClS2/c1-5-2-6-7(10)4-12-9(6)3-8(5)11/h2-4,11H,1H3. The Morgan fingerprint density at radius 3 is 2.92 bits per heavy atom. The molecule has 0 amide bonds. The van der Waals surface area contributed by atoms with E-state index in [4.69, 9.17) is 11.6 Å². The zero-order valence-electron chi connectivity index (χ0n) is 6.47. The van der Waals surface area contributed by atoms with Crippen LogP contribution in [-0.4, -0.2) is 0 Å². The molecule has 0 saturated carbocycles. The Labute approximate surface area is 85.6 Å². The Bertz CT molecular complexity index is 431. The number of thiol groups is 1. The lowest BCUT2D eigenvalue weighted by Crippen LogP contribution is -1.74. The van der Waals surface area contributed by atoms with E-state index in [9.17, 15) is 0 Å². The lowest BCUT2D eigenvalue weighted by Gasteiger charge is -1.98. The van der Waals surface area contributed by atoms with Crippen molar-refractivity contribution in [3.05, 3.63) is 28.1 Å². The van der Waals surface area contributed by atoms with Gasteiger partial charge in [0.15, 0.2) is 0 Å². The Morgan fingerprint density at radius 2 is 2.17 bits per heavy atom. The molecule has 0 aliphatic rings. The second kappa shape index (κ2) is 2.95. The first kappa shape index (κ1) is 8.42. The number of fused-ring (bicyclic) bond motifs is 1. The van der Waals surface area contributed by atoms with E-state index in [2.05, 4.69) is 24.8 Å². The number of thiophene rings is 1. The molecule has 0 aliphatic heterocycles. The summed E-state index contributed by atoms with van der Waals surface area (Å²) in [6, 6.07) is 4.14. The van der Waals surface area contributed by atoms with Gasteiger partial charge in [-0.15, -0.1) is 24.0 Å². The normalized spacial score (nSPS) is 10.9. The summed E-state index contributed by atoms with van der Waals surface area (Å²) in [5.74, 6) is 0. The number of hydrogen-bond donors (Lipinski definition) is 1. The summed E-state index contributed by atoms with van der Waals surface area (Å²) in [6.45, 7) is 2.04. The van der Waals surface area contributed by atoms with Crippen LogP contribution in [0, 0.1) is 6.92 Å². The smallest absolute Gasteiger partial charge is 0.0591 e. The van der Waals surface area contributed by atoms with Gasteiger partial charge in [0.1, 0.15) is 0 Å². The van der Waals surface area contributed by atoms with Gasteiger partial charge in [-0.05, 0) is 24.6 Å². The van der Waals surface area contributed by atoms with Crippen molar-refractivity contribution in [3.8, 4) is 0 Å². The largest absolute Gasteiger partial charge is 0.143 e. The van der Waals surface area contributed by atoms with Gasteiger partial charge in [0.05, 0.1) is 5.02 Å². The summed E-state index contributed by atoms with van der Waals surface area (Å²) in [5.41, 5.74) is 1.17. The van der Waals surface area contributed by atoms with Crippen molar-refractivity contribution in [1.82, 2.24) is 0 Å². The average Bonchev–Trinajstić information content (AvgIpc) is 2.35. The highest BCUT2D eigenvalue weighted by Gasteiger charge is 2.03. The number of rotatable bonds is 0. The van der Waals surface area contributed by atoms with E-state index >= 15 is 0 Å². The van der Waals surface area contributed by atoms with Crippen molar-refractivity contribution >= 4 is 45.7 Å². The Balaban J connectivity index is 2.87. The van der Waals surface area contributed by atoms with Crippen LogP contribution >= 0.6 is 35.6 Å². The van der Waals surface area contributed by atoms with Crippen LogP contribution in [-0.2, 0) is 0 Å². The van der Waals surface area contributed by atoms with Crippen molar-refractivity contribution in [2.24, 2.45) is 0 Å². The zero-order valence-corrected chi connectivity index (χ0v) is 8.93. The van der Waals surface area contributed by atoms with E-state index in [-0.39, 0.29) is 0 Å². The number of aryl methyl sites for hydroxylation is 1. The average molecular weight is 215 g/mol. The molecule has 0 spiro atoms. The van der Waals surface area contributed by atoms with Gasteiger partial charge in [0.2, 0.25) is 0 Å². The van der Waals surface area contributed by atoms with Gasteiger partial charge in [0.25, 0.3) is 0 Å². The molecule has 0 N–H and O–H groups in total. The molecular formula is C9H7ClS2. The van der Waals surface area contributed by atoms with Crippen LogP contribution in [0.4, 0.5) is 0 Å². The summed E-state index contributed by atoms with van der Waals surface area (Å²) in [7, 11) is 0. The first-order valence-corrected chi connectivity index (χ1v) is 5.25. The molecule has 0 aliphatic carbocycles. The molecular weight excluding hydrogens is 208 g/mol. The molecule has 0 nitrogen and oxygen atoms in total. The topological polar surface area (TPSA) is 0 Å². The zero-order chi connectivity index (χ0) is 8.72. The van der Waals surface area contributed by atoms with Crippen LogP contribution in [0.2, 0.25) is 5.02 Å². The van der Waals surface area contributed by atoms with E-state index in [1.807, 2.05) is 12.3 Å². The fraction of sp³-hybridized carbons (Fsp3) is 0.111. The van der Waals surface area contributed by atoms with E-state index in [1.54, 1.807) is 11.3 Å². The maximum atomic E-state index is 5.98. The maximum absolute atomic E-state index is 5.98. The molecule has 0 bridgehead atoms. The summed E-state index contributed by atoms with van der Waals surface area (Å²) in [6.07, 6.45) is 0. The predicted octanol–water partition coefficient (Wildman–Crippen LogP) is 4.15. The van der Waals surface area contributed by atoms with Gasteiger partial charge in [-0.3, -0.25) is 0 Å². The molecule has 2 rings (SSSR count). The van der Waals surface area contributed by atoms with Crippen LogP contribution in [0.5, 0.6) is 0 Å². The van der Waals surface area contributed by atoms with Gasteiger partial charge in [-0.2, -0.15) is 0 Å². The van der Waals surface area contributed by atoms with E-state index in [1.165, 1.54) is 10.3 Å². The minimum absolute atomic E-state index is 0.839. The van der Waals surface area contributed by atoms with Gasteiger partial charge in [0, 0.05) is 20.4 Å². The summed E-state index contributed by atoms with van der Waals surface area (Å²) in [4.78, 5) is 1.03. The molecule has 2 aromatic rings. The third-order valence-electron chi connectivity index (χ3n) is 1.84. The minimum Gasteiger partial charge on any atom is -0.143 e. The van der Waals surface area contributed by atoms with Crippen LogP contribution in [0.1, 0.15) is 5.56 Å². The molecule has 1 aromatic carbocycles. The molecule has 62 valence electrons. The maximum Gasteiger partial charge on any atom is 0.0591 e. The molecule has 3 heteroatoms. The van der Waals surface area contributed by atoms with Crippen LogP contribution < -0.4 is 0 Å². The first-order chi connectivity index (χ1) is 5.68. The molecule has 0 atom stereocenters. The summed E-state index contributed by atoms with van der Waals surface area (Å²) >= 11 is 12.0.